The molecule has 1 aromatic heterocycles. The average Bonchev–Trinajstić information content (AvgIpc) is 2.89. The lowest BCUT2D eigenvalue weighted by molar-refractivity contribution is -0.991. The number of benzene rings is 2. The van der Waals surface area contributed by atoms with E-state index in [1.54, 1.807) is 19.4 Å². The molecule has 3 N–H and O–H groups in total. The Morgan fingerprint density at radius 1 is 1.19 bits per heavy atom. The van der Waals surface area contributed by atoms with Crippen LogP contribution in [0.25, 0.3) is 0 Å². The summed E-state index contributed by atoms with van der Waals surface area (Å²) >= 11 is 0. The van der Waals surface area contributed by atoms with Gasteiger partial charge in [-0.05, 0) is 54.3 Å². The van der Waals surface area contributed by atoms with E-state index in [1.165, 1.54) is 24.3 Å². The molecule has 3 aromatic rings. The zero-order valence-electron chi connectivity index (χ0n) is 20.5. The van der Waals surface area contributed by atoms with E-state index in [9.17, 15) is 14.8 Å². The molecule has 2 bridgehead atoms. The Labute approximate surface area is 213 Å². The quantitative estimate of drug-likeness (QED) is 0.333. The SMILES string of the molecule is COc1ccc(C=NNC(=O)c2ccc([NH+]([O-])O)cc2)cc1CN1CC2CC(C1)c1cccc(=O)n1C2. The number of hydrogen-bond acceptors (Lipinski definition) is 7. The van der Waals surface area contributed by atoms with Crippen LogP contribution >= 0.6 is 0 Å². The van der Waals surface area contributed by atoms with Gasteiger partial charge in [-0.3, -0.25) is 14.5 Å². The Kier molecular flexibility index (Phi) is 7.15. The number of amides is 1. The van der Waals surface area contributed by atoms with Gasteiger partial charge in [-0.2, -0.15) is 10.3 Å². The van der Waals surface area contributed by atoms with Crippen molar-refractivity contribution in [1.29, 1.82) is 0 Å². The second kappa shape index (κ2) is 10.7. The first-order chi connectivity index (χ1) is 17.9. The van der Waals surface area contributed by atoms with Crippen molar-refractivity contribution in [2.24, 2.45) is 11.0 Å². The highest BCUT2D eigenvalue weighted by molar-refractivity contribution is 5.95. The predicted molar refractivity (Wildman–Crippen MR) is 137 cm³/mol. The first-order valence-corrected chi connectivity index (χ1v) is 12.2. The number of aromatic nitrogens is 1. The number of piperidine rings is 1. The van der Waals surface area contributed by atoms with Crippen molar-refractivity contribution in [3.8, 4) is 5.75 Å². The second-order valence-electron chi connectivity index (χ2n) is 9.55. The molecule has 1 fully saturated rings. The normalized spacial score (nSPS) is 19.9. The zero-order chi connectivity index (χ0) is 25.9. The largest absolute Gasteiger partial charge is 0.595 e. The smallest absolute Gasteiger partial charge is 0.271 e. The van der Waals surface area contributed by atoms with Crippen molar-refractivity contribution in [2.75, 3.05) is 20.2 Å². The topological polar surface area (TPSA) is 124 Å². The van der Waals surface area contributed by atoms with Crippen molar-refractivity contribution in [3.63, 3.8) is 0 Å². The van der Waals surface area contributed by atoms with E-state index in [0.717, 1.165) is 48.6 Å². The van der Waals surface area contributed by atoms with Crippen molar-refractivity contribution < 1.29 is 20.0 Å². The fourth-order valence-electron chi connectivity index (χ4n) is 5.36. The molecule has 37 heavy (non-hydrogen) atoms. The van der Waals surface area contributed by atoms with Crippen LogP contribution in [0.2, 0.25) is 0 Å². The van der Waals surface area contributed by atoms with Crippen LogP contribution in [0.4, 0.5) is 5.69 Å². The number of hydrogen-bond donors (Lipinski definition) is 3. The van der Waals surface area contributed by atoms with E-state index in [-0.39, 0.29) is 11.2 Å². The highest BCUT2D eigenvalue weighted by Crippen LogP contribution is 2.36. The molecule has 0 aliphatic carbocycles. The number of likely N-dealkylation sites (tertiary alicyclic amines) is 1. The lowest BCUT2D eigenvalue weighted by Crippen LogP contribution is -2.99. The fraction of sp³-hybridized carbons (Fsp3) is 0.296. The van der Waals surface area contributed by atoms with E-state index >= 15 is 0 Å². The number of carbonyl (C=O) groups excluding carboxylic acids is 1. The van der Waals surface area contributed by atoms with Crippen molar-refractivity contribution >= 4 is 17.8 Å². The number of quaternary nitrogens is 1. The number of fused-ring (bicyclic) bond motifs is 4. The van der Waals surface area contributed by atoms with Crippen LogP contribution in [-0.4, -0.2) is 47.0 Å². The predicted octanol–water partition coefficient (Wildman–Crippen LogP) is 1.64. The van der Waals surface area contributed by atoms with Crippen LogP contribution in [-0.2, 0) is 13.1 Å². The van der Waals surface area contributed by atoms with Gasteiger partial charge in [0.15, 0.2) is 5.69 Å². The van der Waals surface area contributed by atoms with Crippen LogP contribution in [0.5, 0.6) is 5.75 Å². The molecule has 1 saturated heterocycles. The minimum atomic E-state index is -1.05. The minimum Gasteiger partial charge on any atom is -0.595 e. The number of carbonyl (C=O) groups is 1. The first kappa shape index (κ1) is 24.8. The molecular formula is C27H29N5O5. The summed E-state index contributed by atoms with van der Waals surface area (Å²) in [6, 6.07) is 17.0. The molecule has 1 amide bonds. The van der Waals surface area contributed by atoms with Crippen molar-refractivity contribution in [3.05, 3.63) is 98.6 Å². The Balaban J connectivity index is 1.26. The van der Waals surface area contributed by atoms with Gasteiger partial charge in [0.25, 0.3) is 11.5 Å². The van der Waals surface area contributed by atoms with E-state index in [0.29, 0.717) is 23.9 Å². The van der Waals surface area contributed by atoms with Crippen molar-refractivity contribution in [1.82, 2.24) is 14.9 Å². The number of nitrogens with one attached hydrogen (secondary N) is 2. The number of hydrazone groups is 1. The number of methoxy groups -OCH3 is 1. The Bertz CT molecular complexity index is 1370. The van der Waals surface area contributed by atoms with Crippen molar-refractivity contribution in [2.45, 2.75) is 25.4 Å². The van der Waals surface area contributed by atoms with E-state index in [4.69, 9.17) is 9.94 Å². The number of rotatable bonds is 7. The summed E-state index contributed by atoms with van der Waals surface area (Å²) in [5.41, 5.74) is 5.94. The summed E-state index contributed by atoms with van der Waals surface area (Å²) in [5, 5.41) is 23.0. The molecule has 2 aliphatic rings. The summed E-state index contributed by atoms with van der Waals surface area (Å²) in [6.07, 6.45) is 2.67. The third-order valence-corrected chi connectivity index (χ3v) is 7.03. The van der Waals surface area contributed by atoms with E-state index < -0.39 is 11.1 Å². The standard InChI is InChI=1S/C27H29N5O5/c1-37-25-10-5-18(13-28-29-27(34)20-6-8-23(9-7-20)32(35)36)11-22(25)17-30-14-19-12-21(16-30)24-3-2-4-26(33)31(24)15-19/h2-11,13,19,21,32,35H,12,14-17H2,1H3,(H,29,34). The lowest BCUT2D eigenvalue weighted by atomic mass is 9.83. The molecule has 0 spiro atoms. The minimum absolute atomic E-state index is 0.0821. The van der Waals surface area contributed by atoms with Gasteiger partial charge in [0.2, 0.25) is 0 Å². The van der Waals surface area contributed by atoms with Gasteiger partial charge in [-0.1, -0.05) is 6.07 Å². The number of ether oxygens (including phenoxy) is 1. The summed E-state index contributed by atoms with van der Waals surface area (Å²) in [6.45, 7) is 3.25. The molecule has 10 heteroatoms. The van der Waals surface area contributed by atoms with E-state index in [2.05, 4.69) is 21.5 Å². The lowest BCUT2D eigenvalue weighted by Gasteiger charge is -2.42. The molecule has 0 saturated carbocycles. The van der Waals surface area contributed by atoms with Crippen LogP contribution in [0.3, 0.4) is 0 Å². The molecule has 0 radical (unpaired) electrons. The maximum Gasteiger partial charge on any atom is 0.271 e. The third kappa shape index (κ3) is 5.47. The fourth-order valence-corrected chi connectivity index (χ4v) is 5.36. The second-order valence-corrected chi connectivity index (χ2v) is 9.55. The zero-order valence-corrected chi connectivity index (χ0v) is 20.5. The molecular weight excluding hydrogens is 474 g/mol. The molecule has 3 unspecified atom stereocenters. The summed E-state index contributed by atoms with van der Waals surface area (Å²) in [4.78, 5) is 27.1. The van der Waals surface area contributed by atoms with Gasteiger partial charge in [0, 0.05) is 67.1 Å². The van der Waals surface area contributed by atoms with Crippen LogP contribution in [0.1, 0.15) is 39.5 Å². The van der Waals surface area contributed by atoms with Gasteiger partial charge in [0.05, 0.1) is 13.3 Å². The van der Waals surface area contributed by atoms with Crippen LogP contribution in [0.15, 0.2) is 70.6 Å². The molecule has 192 valence electrons. The van der Waals surface area contributed by atoms with Crippen LogP contribution in [0, 0.1) is 11.1 Å². The van der Waals surface area contributed by atoms with Gasteiger partial charge in [0.1, 0.15) is 5.75 Å². The first-order valence-electron chi connectivity index (χ1n) is 12.2. The number of pyridine rings is 1. The maximum absolute atomic E-state index is 12.3. The maximum atomic E-state index is 12.3. The Morgan fingerprint density at radius 3 is 2.76 bits per heavy atom. The van der Waals surface area contributed by atoms with E-state index in [1.807, 2.05) is 28.8 Å². The monoisotopic (exact) mass is 503 g/mol. The highest BCUT2D eigenvalue weighted by atomic mass is 16.8. The van der Waals surface area contributed by atoms with Gasteiger partial charge >= 0.3 is 0 Å². The molecule has 5 rings (SSSR count). The Morgan fingerprint density at radius 2 is 2.00 bits per heavy atom. The molecule has 2 aromatic carbocycles. The summed E-state index contributed by atoms with van der Waals surface area (Å²) in [5.74, 6) is 1.12. The molecule has 3 heterocycles. The number of nitrogens with zero attached hydrogens (tertiary/aromatic N) is 3. The highest BCUT2D eigenvalue weighted by Gasteiger charge is 2.34. The van der Waals surface area contributed by atoms with Gasteiger partial charge in [-0.15, -0.1) is 0 Å². The molecule has 3 atom stereocenters. The van der Waals surface area contributed by atoms with Crippen LogP contribution < -0.4 is 20.9 Å². The summed E-state index contributed by atoms with van der Waals surface area (Å²) < 4.78 is 7.54. The third-order valence-electron chi connectivity index (χ3n) is 7.03. The summed E-state index contributed by atoms with van der Waals surface area (Å²) in [7, 11) is 1.65. The van der Waals surface area contributed by atoms with Gasteiger partial charge < -0.3 is 14.5 Å². The molecule has 2 aliphatic heterocycles. The average molecular weight is 504 g/mol. The molecule has 10 nitrogen and oxygen atoms in total. The Hall–Kier alpha value is -3.83. The van der Waals surface area contributed by atoms with Gasteiger partial charge in [-0.25, -0.2) is 10.6 Å².